The fourth-order valence-electron chi connectivity index (χ4n) is 0.678. The summed E-state index contributed by atoms with van der Waals surface area (Å²) in [5, 5.41) is 10.5. The SMILES string of the molecule is O=C(O)NCc1ccncc1. The van der Waals surface area contributed by atoms with Crippen LogP contribution in [-0.2, 0) is 6.54 Å². The minimum atomic E-state index is -1.01. The molecule has 0 unspecified atom stereocenters. The number of carboxylic acid groups (broad SMARTS) is 1. The van der Waals surface area contributed by atoms with Crippen LogP contribution in [0.2, 0.25) is 0 Å². The summed E-state index contributed by atoms with van der Waals surface area (Å²) in [6, 6.07) is 3.52. The second-order valence-corrected chi connectivity index (χ2v) is 2.01. The Hall–Kier alpha value is -1.58. The molecule has 0 aliphatic rings. The molecule has 4 nitrogen and oxygen atoms in total. The van der Waals surface area contributed by atoms with Gasteiger partial charge in [0.05, 0.1) is 0 Å². The third kappa shape index (κ3) is 2.66. The maximum absolute atomic E-state index is 10.0. The average Bonchev–Trinajstić information content (AvgIpc) is 2.03. The number of rotatable bonds is 2. The number of amides is 1. The van der Waals surface area contributed by atoms with Gasteiger partial charge < -0.3 is 10.4 Å². The highest BCUT2D eigenvalue weighted by Crippen LogP contribution is 1.93. The van der Waals surface area contributed by atoms with Gasteiger partial charge >= 0.3 is 6.09 Å². The first kappa shape index (κ1) is 7.53. The van der Waals surface area contributed by atoms with E-state index in [4.69, 9.17) is 5.11 Å². The van der Waals surface area contributed by atoms with Crippen molar-refractivity contribution < 1.29 is 9.90 Å². The molecule has 58 valence electrons. The van der Waals surface area contributed by atoms with Crippen molar-refractivity contribution in [1.29, 1.82) is 0 Å². The molecule has 0 bridgehead atoms. The standard InChI is InChI=1S/C7H8N2O2/c10-7(11)9-5-6-1-3-8-4-2-6/h1-4,9H,5H2,(H,10,11). The molecule has 1 amide bonds. The lowest BCUT2D eigenvalue weighted by atomic mass is 10.3. The Balaban J connectivity index is 2.45. The van der Waals surface area contributed by atoms with E-state index in [9.17, 15) is 4.79 Å². The zero-order chi connectivity index (χ0) is 8.10. The highest BCUT2D eigenvalue weighted by atomic mass is 16.4. The largest absolute Gasteiger partial charge is 0.465 e. The molecule has 11 heavy (non-hydrogen) atoms. The second-order valence-electron chi connectivity index (χ2n) is 2.01. The van der Waals surface area contributed by atoms with Crippen LogP contribution in [0.15, 0.2) is 24.5 Å². The molecule has 0 atom stereocenters. The first-order valence-electron chi connectivity index (χ1n) is 3.15. The van der Waals surface area contributed by atoms with Gasteiger partial charge in [0, 0.05) is 18.9 Å². The van der Waals surface area contributed by atoms with Crippen LogP contribution in [0.4, 0.5) is 4.79 Å². The van der Waals surface area contributed by atoms with E-state index >= 15 is 0 Å². The van der Waals surface area contributed by atoms with E-state index in [2.05, 4.69) is 10.3 Å². The summed E-state index contributed by atoms with van der Waals surface area (Å²) in [6.07, 6.45) is 2.24. The summed E-state index contributed by atoms with van der Waals surface area (Å²) < 4.78 is 0. The van der Waals surface area contributed by atoms with Crippen LogP contribution >= 0.6 is 0 Å². The van der Waals surface area contributed by atoms with Gasteiger partial charge in [-0.05, 0) is 17.7 Å². The maximum Gasteiger partial charge on any atom is 0.404 e. The van der Waals surface area contributed by atoms with E-state index in [1.807, 2.05) is 0 Å². The number of carbonyl (C=O) groups is 1. The minimum absolute atomic E-state index is 0.331. The lowest BCUT2D eigenvalue weighted by molar-refractivity contribution is 0.194. The fourth-order valence-corrected chi connectivity index (χ4v) is 0.678. The Labute approximate surface area is 63.9 Å². The molecule has 0 spiro atoms. The summed E-state index contributed by atoms with van der Waals surface area (Å²) in [4.78, 5) is 13.8. The molecule has 1 aromatic rings. The highest BCUT2D eigenvalue weighted by molar-refractivity contribution is 5.64. The average molecular weight is 152 g/mol. The molecule has 4 heteroatoms. The van der Waals surface area contributed by atoms with Crippen LogP contribution in [-0.4, -0.2) is 16.2 Å². The smallest absolute Gasteiger partial charge is 0.404 e. The summed E-state index contributed by atoms with van der Waals surface area (Å²) in [6.45, 7) is 0.331. The number of hydrogen-bond acceptors (Lipinski definition) is 2. The molecule has 1 aromatic heterocycles. The van der Waals surface area contributed by atoms with Gasteiger partial charge in [0.25, 0.3) is 0 Å². The van der Waals surface area contributed by atoms with Crippen molar-refractivity contribution >= 4 is 6.09 Å². The number of nitrogens with zero attached hydrogens (tertiary/aromatic N) is 1. The molecule has 0 aliphatic heterocycles. The van der Waals surface area contributed by atoms with Gasteiger partial charge in [0.2, 0.25) is 0 Å². The molecular weight excluding hydrogens is 144 g/mol. The predicted octanol–water partition coefficient (Wildman–Crippen LogP) is 0.849. The molecule has 0 radical (unpaired) electrons. The van der Waals surface area contributed by atoms with Crippen molar-refractivity contribution in [1.82, 2.24) is 10.3 Å². The first-order valence-corrected chi connectivity index (χ1v) is 3.15. The molecule has 1 heterocycles. The van der Waals surface area contributed by atoms with Gasteiger partial charge in [-0.15, -0.1) is 0 Å². The molecular formula is C7H8N2O2. The van der Waals surface area contributed by atoms with Crippen LogP contribution in [0.25, 0.3) is 0 Å². The van der Waals surface area contributed by atoms with Crippen molar-refractivity contribution in [2.75, 3.05) is 0 Å². The molecule has 0 fully saturated rings. The molecule has 1 rings (SSSR count). The molecule has 2 N–H and O–H groups in total. The van der Waals surface area contributed by atoms with Crippen LogP contribution in [0, 0.1) is 0 Å². The van der Waals surface area contributed by atoms with Crippen LogP contribution in [0.1, 0.15) is 5.56 Å². The van der Waals surface area contributed by atoms with Crippen molar-refractivity contribution in [3.63, 3.8) is 0 Å². The first-order chi connectivity index (χ1) is 5.29. The van der Waals surface area contributed by atoms with Gasteiger partial charge in [0.1, 0.15) is 0 Å². The van der Waals surface area contributed by atoms with Crippen LogP contribution in [0.5, 0.6) is 0 Å². The van der Waals surface area contributed by atoms with Crippen LogP contribution < -0.4 is 5.32 Å². The second kappa shape index (κ2) is 3.55. The van der Waals surface area contributed by atoms with Crippen LogP contribution in [0.3, 0.4) is 0 Å². The Kier molecular flexibility index (Phi) is 2.43. The Morgan fingerprint density at radius 2 is 2.18 bits per heavy atom. The Bertz CT molecular complexity index is 235. The summed E-state index contributed by atoms with van der Waals surface area (Å²) in [5.41, 5.74) is 0.905. The zero-order valence-electron chi connectivity index (χ0n) is 5.82. The lowest BCUT2D eigenvalue weighted by Gasteiger charge is -1.98. The van der Waals surface area contributed by atoms with Gasteiger partial charge in [0.15, 0.2) is 0 Å². The normalized spacial score (nSPS) is 9.09. The predicted molar refractivity (Wildman–Crippen MR) is 39.1 cm³/mol. The fraction of sp³-hybridized carbons (Fsp3) is 0.143. The van der Waals surface area contributed by atoms with E-state index < -0.39 is 6.09 Å². The van der Waals surface area contributed by atoms with E-state index in [0.29, 0.717) is 6.54 Å². The quantitative estimate of drug-likeness (QED) is 0.660. The summed E-state index contributed by atoms with van der Waals surface area (Å²) >= 11 is 0. The number of pyridine rings is 1. The zero-order valence-corrected chi connectivity index (χ0v) is 5.82. The molecule has 0 aliphatic carbocycles. The van der Waals surface area contributed by atoms with Crippen molar-refractivity contribution in [2.45, 2.75) is 6.54 Å². The van der Waals surface area contributed by atoms with Gasteiger partial charge in [-0.3, -0.25) is 4.98 Å². The van der Waals surface area contributed by atoms with E-state index in [0.717, 1.165) is 5.56 Å². The van der Waals surface area contributed by atoms with E-state index in [1.165, 1.54) is 0 Å². The highest BCUT2D eigenvalue weighted by Gasteiger charge is 1.93. The number of hydrogen-bond donors (Lipinski definition) is 2. The van der Waals surface area contributed by atoms with Crippen molar-refractivity contribution in [2.24, 2.45) is 0 Å². The van der Waals surface area contributed by atoms with Crippen molar-refractivity contribution in [3.05, 3.63) is 30.1 Å². The Morgan fingerprint density at radius 3 is 2.73 bits per heavy atom. The van der Waals surface area contributed by atoms with Crippen molar-refractivity contribution in [3.8, 4) is 0 Å². The summed E-state index contributed by atoms with van der Waals surface area (Å²) in [5.74, 6) is 0. The van der Waals surface area contributed by atoms with Gasteiger partial charge in [-0.25, -0.2) is 4.79 Å². The number of nitrogens with one attached hydrogen (secondary N) is 1. The maximum atomic E-state index is 10.0. The number of aromatic nitrogens is 1. The van der Waals surface area contributed by atoms with E-state index in [-0.39, 0.29) is 0 Å². The van der Waals surface area contributed by atoms with Gasteiger partial charge in [-0.2, -0.15) is 0 Å². The molecule has 0 saturated carbocycles. The third-order valence-electron chi connectivity index (χ3n) is 1.19. The third-order valence-corrected chi connectivity index (χ3v) is 1.19. The lowest BCUT2D eigenvalue weighted by Crippen LogP contribution is -2.19. The summed E-state index contributed by atoms with van der Waals surface area (Å²) in [7, 11) is 0. The van der Waals surface area contributed by atoms with E-state index in [1.54, 1.807) is 24.5 Å². The molecule has 0 saturated heterocycles. The monoisotopic (exact) mass is 152 g/mol. The van der Waals surface area contributed by atoms with Gasteiger partial charge in [-0.1, -0.05) is 0 Å². The Morgan fingerprint density at radius 1 is 1.55 bits per heavy atom. The topological polar surface area (TPSA) is 62.2 Å². The molecule has 0 aromatic carbocycles. The minimum Gasteiger partial charge on any atom is -0.465 e.